The Kier molecular flexibility index (Phi) is 11.9. The second-order valence-corrected chi connectivity index (χ2v) is 14.8. The van der Waals surface area contributed by atoms with Gasteiger partial charge in [0, 0.05) is 53.6 Å². The van der Waals surface area contributed by atoms with Crippen LogP contribution in [-0.2, 0) is 32.6 Å². The molecular formula is C35H41Cl2N3O6S. The van der Waals surface area contributed by atoms with Crippen LogP contribution in [0.15, 0.2) is 66.7 Å². The molecule has 12 heteroatoms. The first kappa shape index (κ1) is 34.9. The fourth-order valence-corrected chi connectivity index (χ4v) is 7.62. The maximum atomic E-state index is 14.2. The van der Waals surface area contributed by atoms with Gasteiger partial charge in [-0.25, -0.2) is 8.42 Å². The molecule has 0 spiro atoms. The summed E-state index contributed by atoms with van der Waals surface area (Å²) in [6.07, 6.45) is 6.65. The van der Waals surface area contributed by atoms with Crippen molar-refractivity contribution < 1.29 is 27.5 Å². The lowest BCUT2D eigenvalue weighted by Crippen LogP contribution is -2.53. The van der Waals surface area contributed by atoms with Crippen molar-refractivity contribution >= 4 is 50.7 Å². The van der Waals surface area contributed by atoms with Gasteiger partial charge in [0.15, 0.2) is 11.5 Å². The lowest BCUT2D eigenvalue weighted by Gasteiger charge is -2.34. The van der Waals surface area contributed by atoms with Crippen LogP contribution in [0.3, 0.4) is 0 Å². The second-order valence-electron chi connectivity index (χ2n) is 12.0. The minimum atomic E-state index is -3.70. The molecule has 3 aromatic rings. The van der Waals surface area contributed by atoms with Gasteiger partial charge in [-0.1, -0.05) is 78.9 Å². The Morgan fingerprint density at radius 1 is 0.915 bits per heavy atom. The first-order chi connectivity index (χ1) is 22.6. The highest BCUT2D eigenvalue weighted by atomic mass is 35.5. The number of benzene rings is 3. The number of sulfonamides is 1. The summed E-state index contributed by atoms with van der Waals surface area (Å²) in [7, 11) is -3.70. The van der Waals surface area contributed by atoms with Crippen LogP contribution in [0.1, 0.15) is 56.1 Å². The summed E-state index contributed by atoms with van der Waals surface area (Å²) in [5.41, 5.74) is 1.86. The highest BCUT2D eigenvalue weighted by molar-refractivity contribution is 7.92. The number of hydrogen-bond donors (Lipinski definition) is 1. The quantitative estimate of drug-likeness (QED) is 0.221. The normalized spacial score (nSPS) is 15.5. The number of carbonyl (C=O) groups excluding carboxylic acids is 2. The Morgan fingerprint density at radius 2 is 1.60 bits per heavy atom. The van der Waals surface area contributed by atoms with Crippen molar-refractivity contribution in [2.24, 2.45) is 0 Å². The fourth-order valence-electron chi connectivity index (χ4n) is 6.14. The maximum absolute atomic E-state index is 14.2. The molecule has 0 unspecified atom stereocenters. The molecule has 3 aromatic carbocycles. The molecule has 47 heavy (non-hydrogen) atoms. The van der Waals surface area contributed by atoms with E-state index in [1.165, 1.54) is 4.31 Å². The van der Waals surface area contributed by atoms with Gasteiger partial charge in [-0.05, 0) is 49.1 Å². The van der Waals surface area contributed by atoms with Gasteiger partial charge in [0.25, 0.3) is 0 Å². The van der Waals surface area contributed by atoms with Gasteiger partial charge >= 0.3 is 0 Å². The number of halogens is 2. The number of anilines is 1. The lowest BCUT2D eigenvalue weighted by atomic mass is 9.94. The molecule has 2 amide bonds. The van der Waals surface area contributed by atoms with Crippen LogP contribution < -0.4 is 19.1 Å². The van der Waals surface area contributed by atoms with E-state index in [9.17, 15) is 18.0 Å². The fraction of sp³-hybridized carbons (Fsp3) is 0.429. The van der Waals surface area contributed by atoms with Crippen LogP contribution in [-0.4, -0.2) is 63.2 Å². The van der Waals surface area contributed by atoms with E-state index in [2.05, 4.69) is 5.32 Å². The Hall–Kier alpha value is -3.47. The van der Waals surface area contributed by atoms with Crippen LogP contribution in [0.25, 0.3) is 0 Å². The number of rotatable bonds is 13. The summed E-state index contributed by atoms with van der Waals surface area (Å²) in [5.74, 6) is 0.477. The Labute approximate surface area is 287 Å². The van der Waals surface area contributed by atoms with Crippen molar-refractivity contribution in [1.82, 2.24) is 10.2 Å². The Balaban J connectivity index is 1.40. The molecule has 1 heterocycles. The number of carbonyl (C=O) groups is 2. The van der Waals surface area contributed by atoms with Crippen LogP contribution in [0.5, 0.6) is 11.5 Å². The average molecular weight is 703 g/mol. The second kappa shape index (κ2) is 16.1. The van der Waals surface area contributed by atoms with Gasteiger partial charge in [0.1, 0.15) is 19.3 Å². The zero-order valence-corrected chi connectivity index (χ0v) is 28.8. The zero-order valence-electron chi connectivity index (χ0n) is 26.5. The van der Waals surface area contributed by atoms with Crippen molar-refractivity contribution in [3.8, 4) is 11.5 Å². The van der Waals surface area contributed by atoms with Gasteiger partial charge in [-0.2, -0.15) is 0 Å². The predicted octanol–water partition coefficient (Wildman–Crippen LogP) is 6.40. The number of hydrogen-bond acceptors (Lipinski definition) is 6. The largest absolute Gasteiger partial charge is 0.486 e. The van der Waals surface area contributed by atoms with Gasteiger partial charge in [-0.3, -0.25) is 13.9 Å². The summed E-state index contributed by atoms with van der Waals surface area (Å²) < 4.78 is 38.3. The number of nitrogens with zero attached hydrogens (tertiary/aromatic N) is 2. The molecule has 1 saturated carbocycles. The zero-order chi connectivity index (χ0) is 33.4. The molecule has 0 bridgehead atoms. The van der Waals surface area contributed by atoms with E-state index in [4.69, 9.17) is 32.7 Å². The van der Waals surface area contributed by atoms with Crippen LogP contribution in [0.4, 0.5) is 5.69 Å². The summed E-state index contributed by atoms with van der Waals surface area (Å²) in [5, 5.41) is 4.01. The third-order valence-electron chi connectivity index (χ3n) is 8.58. The van der Waals surface area contributed by atoms with E-state index in [1.807, 2.05) is 30.3 Å². The maximum Gasteiger partial charge on any atom is 0.243 e. The van der Waals surface area contributed by atoms with E-state index in [0.29, 0.717) is 52.4 Å². The molecule has 9 nitrogen and oxygen atoms in total. The molecule has 1 aliphatic heterocycles. The van der Waals surface area contributed by atoms with Gasteiger partial charge in [0.2, 0.25) is 21.8 Å². The third-order valence-corrected chi connectivity index (χ3v) is 10.5. The van der Waals surface area contributed by atoms with Crippen molar-refractivity contribution in [1.29, 1.82) is 0 Å². The van der Waals surface area contributed by atoms with Crippen molar-refractivity contribution in [3.05, 3.63) is 87.9 Å². The van der Waals surface area contributed by atoms with Crippen molar-refractivity contribution in [2.45, 2.75) is 70.0 Å². The van der Waals surface area contributed by atoms with Gasteiger partial charge < -0.3 is 19.7 Å². The number of fused-ring (bicyclic) bond motifs is 1. The van der Waals surface area contributed by atoms with Gasteiger partial charge in [0.05, 0.1) is 11.9 Å². The molecule has 5 rings (SSSR count). The highest BCUT2D eigenvalue weighted by Crippen LogP contribution is 2.35. The Bertz CT molecular complexity index is 1630. The first-order valence-electron chi connectivity index (χ1n) is 16.0. The van der Waals surface area contributed by atoms with Crippen LogP contribution in [0, 0.1) is 0 Å². The smallest absolute Gasteiger partial charge is 0.243 e. The van der Waals surface area contributed by atoms with Crippen molar-refractivity contribution in [2.75, 3.05) is 30.3 Å². The van der Waals surface area contributed by atoms with E-state index in [1.54, 1.807) is 41.3 Å². The number of ether oxygens (including phenoxy) is 2. The standard InChI is InChI=1S/C35H41Cl2N3O6S/c1-47(43,44)40(27-17-18-32-33(23-27)46-21-20-45-32)19-9-16-34(41)39(24-28-29(36)14-8-15-30(28)37)31(22-25-10-4-2-5-11-25)35(42)38-26-12-6-3-7-13-26/h2,4-5,8,10-11,14-15,17-18,23,26,31H,3,6-7,9,12-13,16,19-22,24H2,1H3,(H,38,42)/t31-/m0/s1. The summed E-state index contributed by atoms with van der Waals surface area (Å²) in [6.45, 7) is 0.852. The molecule has 1 aliphatic carbocycles. The molecule has 1 atom stereocenters. The molecule has 2 aliphatic rings. The lowest BCUT2D eigenvalue weighted by molar-refractivity contribution is -0.141. The van der Waals surface area contributed by atoms with E-state index in [-0.39, 0.29) is 43.8 Å². The first-order valence-corrected chi connectivity index (χ1v) is 18.6. The van der Waals surface area contributed by atoms with E-state index in [0.717, 1.165) is 43.9 Å². The summed E-state index contributed by atoms with van der Waals surface area (Å²) in [6, 6.07) is 18.9. The molecule has 252 valence electrons. The molecule has 0 saturated heterocycles. The third kappa shape index (κ3) is 9.33. The average Bonchev–Trinajstić information content (AvgIpc) is 3.06. The van der Waals surface area contributed by atoms with Crippen LogP contribution >= 0.6 is 23.2 Å². The molecule has 0 radical (unpaired) electrons. The van der Waals surface area contributed by atoms with Crippen molar-refractivity contribution in [3.63, 3.8) is 0 Å². The number of amides is 2. The Morgan fingerprint density at radius 3 is 2.28 bits per heavy atom. The minimum absolute atomic E-state index is 0.0133. The number of nitrogens with one attached hydrogen (secondary N) is 1. The molecule has 1 N–H and O–H groups in total. The summed E-state index contributed by atoms with van der Waals surface area (Å²) >= 11 is 13.2. The van der Waals surface area contributed by atoms with Crippen LogP contribution in [0.2, 0.25) is 10.0 Å². The van der Waals surface area contributed by atoms with E-state index < -0.39 is 16.1 Å². The van der Waals surface area contributed by atoms with E-state index >= 15 is 0 Å². The minimum Gasteiger partial charge on any atom is -0.486 e. The molecule has 1 fully saturated rings. The van der Waals surface area contributed by atoms with Gasteiger partial charge in [-0.15, -0.1) is 0 Å². The topological polar surface area (TPSA) is 105 Å². The molecule has 0 aromatic heterocycles. The SMILES string of the molecule is CS(=O)(=O)N(CCCC(=O)N(Cc1c(Cl)cccc1Cl)[C@@H](Cc1ccccc1)C(=O)NC1CCCCC1)c1ccc2c(c1)OCCO2. The summed E-state index contributed by atoms with van der Waals surface area (Å²) in [4.78, 5) is 29.8. The monoisotopic (exact) mass is 701 g/mol. The highest BCUT2D eigenvalue weighted by Gasteiger charge is 2.33. The predicted molar refractivity (Wildman–Crippen MR) is 185 cm³/mol. The molecular weight excluding hydrogens is 661 g/mol.